The number of hydrogen-bond acceptors (Lipinski definition) is 5. The molecule has 0 radical (unpaired) electrons. The lowest BCUT2D eigenvalue weighted by molar-refractivity contribution is -0.144. The van der Waals surface area contributed by atoms with Gasteiger partial charge in [0.2, 0.25) is 5.91 Å². The Hall–Kier alpha value is -3.17. The van der Waals surface area contributed by atoms with Crippen LogP contribution in [-0.2, 0) is 23.9 Å². The van der Waals surface area contributed by atoms with Gasteiger partial charge >= 0.3 is 6.18 Å². The van der Waals surface area contributed by atoms with Crippen LogP contribution < -0.4 is 10.2 Å². The van der Waals surface area contributed by atoms with Gasteiger partial charge in [-0.3, -0.25) is 4.79 Å². The fourth-order valence-electron chi connectivity index (χ4n) is 2.92. The number of nitrogens with one attached hydrogen (secondary N) is 1. The second-order valence-corrected chi connectivity index (χ2v) is 6.92. The molecule has 1 amide bonds. The van der Waals surface area contributed by atoms with E-state index in [9.17, 15) is 18.0 Å². The average molecular weight is 406 g/mol. The van der Waals surface area contributed by atoms with Gasteiger partial charge in [0, 0.05) is 43.3 Å². The van der Waals surface area contributed by atoms with Gasteiger partial charge < -0.3 is 10.2 Å². The fraction of sp³-hybridized carbons (Fsp3) is 0.368. The fourth-order valence-corrected chi connectivity index (χ4v) is 2.92. The number of fused-ring (bicyclic) bond motifs is 1. The Morgan fingerprint density at radius 1 is 1.14 bits per heavy atom. The van der Waals surface area contributed by atoms with Crippen LogP contribution in [0.5, 0.6) is 0 Å². The maximum atomic E-state index is 12.9. The van der Waals surface area contributed by atoms with E-state index < -0.39 is 12.0 Å². The van der Waals surface area contributed by atoms with Gasteiger partial charge in [-0.05, 0) is 31.5 Å². The second-order valence-electron chi connectivity index (χ2n) is 6.92. The molecule has 0 aliphatic carbocycles. The van der Waals surface area contributed by atoms with Crippen molar-refractivity contribution in [2.45, 2.75) is 33.0 Å². The third-order valence-electron chi connectivity index (χ3n) is 4.58. The normalized spacial score (nSPS) is 11.7. The number of amides is 1. The summed E-state index contributed by atoms with van der Waals surface area (Å²) in [6, 6.07) is 7.76. The van der Waals surface area contributed by atoms with Gasteiger partial charge in [-0.15, -0.1) is 5.10 Å². The molecule has 29 heavy (non-hydrogen) atoms. The summed E-state index contributed by atoms with van der Waals surface area (Å²) in [7, 11) is 3.89. The van der Waals surface area contributed by atoms with Crippen LogP contribution in [0.15, 0.2) is 24.3 Å². The molecule has 0 spiro atoms. The number of carbonyl (C=O) groups excluding carboxylic acids is 1. The van der Waals surface area contributed by atoms with E-state index in [2.05, 4.69) is 20.4 Å². The van der Waals surface area contributed by atoms with Crippen molar-refractivity contribution in [2.75, 3.05) is 19.0 Å². The molecule has 2 heterocycles. The molecule has 0 saturated carbocycles. The smallest absolute Gasteiger partial charge is 0.378 e. The molecule has 7 nitrogen and oxygen atoms in total. The Balaban J connectivity index is 1.74. The summed E-state index contributed by atoms with van der Waals surface area (Å²) >= 11 is 0. The molecule has 0 aliphatic rings. The standard InChI is InChI=1S/C19H21F3N6O/c1-11-15(12(2)28-18(24-11)25-17(26-28)19(20,21)22)9-16(29)23-10-13-5-7-14(8-6-13)27(3)4/h5-8H,9-10H2,1-4H3,(H,23,29). The van der Waals surface area contributed by atoms with Crippen molar-refractivity contribution in [2.24, 2.45) is 0 Å². The van der Waals surface area contributed by atoms with Crippen LogP contribution in [0.25, 0.3) is 5.78 Å². The first-order chi connectivity index (χ1) is 13.6. The largest absolute Gasteiger partial charge is 0.453 e. The Labute approximate surface area is 165 Å². The SMILES string of the molecule is Cc1nc2nc(C(F)(F)F)nn2c(C)c1CC(=O)NCc1ccc(N(C)C)cc1. The summed E-state index contributed by atoms with van der Waals surface area (Å²) in [6.45, 7) is 3.58. The predicted octanol–water partition coefficient (Wildman–Crippen LogP) is 2.68. The molecule has 0 saturated heterocycles. The monoisotopic (exact) mass is 406 g/mol. The molecule has 3 aromatic rings. The van der Waals surface area contributed by atoms with Crippen molar-refractivity contribution in [1.82, 2.24) is 24.9 Å². The molecule has 1 aromatic carbocycles. The van der Waals surface area contributed by atoms with Crippen LogP contribution in [0.1, 0.15) is 28.3 Å². The zero-order valence-corrected chi connectivity index (χ0v) is 16.5. The van der Waals surface area contributed by atoms with Crippen LogP contribution in [0.2, 0.25) is 0 Å². The van der Waals surface area contributed by atoms with Crippen molar-refractivity contribution >= 4 is 17.4 Å². The molecule has 154 valence electrons. The third-order valence-corrected chi connectivity index (χ3v) is 4.58. The highest BCUT2D eigenvalue weighted by molar-refractivity contribution is 5.79. The van der Waals surface area contributed by atoms with Crippen molar-refractivity contribution in [3.63, 3.8) is 0 Å². The Morgan fingerprint density at radius 2 is 1.79 bits per heavy atom. The van der Waals surface area contributed by atoms with Gasteiger partial charge in [-0.25, -0.2) is 9.50 Å². The minimum atomic E-state index is -4.66. The van der Waals surface area contributed by atoms with Crippen molar-refractivity contribution in [3.8, 4) is 0 Å². The van der Waals surface area contributed by atoms with E-state index in [1.165, 1.54) is 0 Å². The van der Waals surface area contributed by atoms with E-state index in [1.807, 2.05) is 43.3 Å². The number of rotatable bonds is 5. The van der Waals surface area contributed by atoms with Gasteiger partial charge in [0.05, 0.1) is 6.42 Å². The lowest BCUT2D eigenvalue weighted by atomic mass is 10.1. The molecule has 0 unspecified atom stereocenters. The average Bonchev–Trinajstić information content (AvgIpc) is 3.08. The summed E-state index contributed by atoms with van der Waals surface area (Å²) in [4.78, 5) is 21.9. The molecule has 10 heteroatoms. The number of nitrogens with zero attached hydrogens (tertiary/aromatic N) is 5. The van der Waals surface area contributed by atoms with E-state index in [0.29, 0.717) is 23.5 Å². The molecule has 0 atom stereocenters. The van der Waals surface area contributed by atoms with Gasteiger partial charge in [0.25, 0.3) is 11.6 Å². The third kappa shape index (κ3) is 4.47. The van der Waals surface area contributed by atoms with Crippen LogP contribution >= 0.6 is 0 Å². The lowest BCUT2D eigenvalue weighted by Gasteiger charge is -2.13. The molecular weight excluding hydrogens is 385 g/mol. The molecule has 2 aromatic heterocycles. The topological polar surface area (TPSA) is 75.4 Å². The molecule has 0 bridgehead atoms. The summed E-state index contributed by atoms with van der Waals surface area (Å²) in [5.41, 5.74) is 3.37. The van der Waals surface area contributed by atoms with Crippen molar-refractivity contribution < 1.29 is 18.0 Å². The number of carbonyl (C=O) groups is 1. The molecule has 0 fully saturated rings. The number of anilines is 1. The maximum absolute atomic E-state index is 12.9. The second kappa shape index (κ2) is 7.69. The number of halogens is 3. The van der Waals surface area contributed by atoms with Crippen molar-refractivity contribution in [3.05, 3.63) is 52.6 Å². The van der Waals surface area contributed by atoms with Crippen LogP contribution in [0.3, 0.4) is 0 Å². The summed E-state index contributed by atoms with van der Waals surface area (Å²) in [6.07, 6.45) is -4.68. The minimum absolute atomic E-state index is 0.0163. The zero-order chi connectivity index (χ0) is 21.3. The zero-order valence-electron chi connectivity index (χ0n) is 16.5. The maximum Gasteiger partial charge on any atom is 0.453 e. The summed E-state index contributed by atoms with van der Waals surface area (Å²) < 4.78 is 39.6. The van der Waals surface area contributed by atoms with Gasteiger partial charge in [0.1, 0.15) is 0 Å². The van der Waals surface area contributed by atoms with Gasteiger partial charge in [0.15, 0.2) is 0 Å². The first-order valence-corrected chi connectivity index (χ1v) is 8.89. The highest BCUT2D eigenvalue weighted by Gasteiger charge is 2.37. The van der Waals surface area contributed by atoms with Crippen LogP contribution in [-0.4, -0.2) is 39.6 Å². The first kappa shape index (κ1) is 20.6. The number of aryl methyl sites for hydroxylation is 2. The van der Waals surface area contributed by atoms with E-state index in [1.54, 1.807) is 13.8 Å². The van der Waals surface area contributed by atoms with Gasteiger partial charge in [-0.2, -0.15) is 18.2 Å². The number of alkyl halides is 3. The Kier molecular flexibility index (Phi) is 5.45. The van der Waals surface area contributed by atoms with E-state index in [-0.39, 0.29) is 18.1 Å². The quantitative estimate of drug-likeness (QED) is 0.705. The van der Waals surface area contributed by atoms with E-state index in [0.717, 1.165) is 15.8 Å². The highest BCUT2D eigenvalue weighted by atomic mass is 19.4. The minimum Gasteiger partial charge on any atom is -0.378 e. The van der Waals surface area contributed by atoms with E-state index >= 15 is 0 Å². The van der Waals surface area contributed by atoms with Gasteiger partial charge in [-0.1, -0.05) is 12.1 Å². The first-order valence-electron chi connectivity index (χ1n) is 8.89. The molecular formula is C19H21F3N6O. The number of aromatic nitrogens is 4. The predicted molar refractivity (Wildman–Crippen MR) is 102 cm³/mol. The van der Waals surface area contributed by atoms with Crippen LogP contribution in [0.4, 0.5) is 18.9 Å². The molecule has 3 rings (SSSR count). The highest BCUT2D eigenvalue weighted by Crippen LogP contribution is 2.27. The molecule has 1 N–H and O–H groups in total. The Morgan fingerprint density at radius 3 is 2.38 bits per heavy atom. The summed E-state index contributed by atoms with van der Waals surface area (Å²) in [5, 5.41) is 6.31. The molecule has 0 aliphatic heterocycles. The van der Waals surface area contributed by atoms with Crippen LogP contribution in [0, 0.1) is 13.8 Å². The number of hydrogen-bond donors (Lipinski definition) is 1. The number of benzene rings is 1. The lowest BCUT2D eigenvalue weighted by Crippen LogP contribution is -2.26. The van der Waals surface area contributed by atoms with E-state index in [4.69, 9.17) is 0 Å². The Bertz CT molecular complexity index is 1040. The summed E-state index contributed by atoms with van der Waals surface area (Å²) in [5.74, 6) is -1.65. The van der Waals surface area contributed by atoms with Crippen molar-refractivity contribution in [1.29, 1.82) is 0 Å².